The Kier molecular flexibility index (Phi) is 3.32. The molecule has 1 atom stereocenters. The zero-order chi connectivity index (χ0) is 12.6. The monoisotopic (exact) mass is 234 g/mol. The zero-order valence-corrected chi connectivity index (χ0v) is 11.3. The SMILES string of the molecule is CCCC1CCc2c(C)c(O)c(C)c(C)c2O1. The van der Waals surface area contributed by atoms with Gasteiger partial charge in [0.05, 0.1) is 6.10 Å². The molecule has 1 heterocycles. The lowest BCUT2D eigenvalue weighted by molar-refractivity contribution is 0.161. The Balaban J connectivity index is 2.44. The van der Waals surface area contributed by atoms with E-state index in [0.29, 0.717) is 11.9 Å². The first kappa shape index (κ1) is 12.3. The van der Waals surface area contributed by atoms with Crippen molar-refractivity contribution in [3.63, 3.8) is 0 Å². The second kappa shape index (κ2) is 4.59. The molecule has 0 bridgehead atoms. The van der Waals surface area contributed by atoms with Gasteiger partial charge in [0.1, 0.15) is 11.5 Å². The van der Waals surface area contributed by atoms with Crippen LogP contribution >= 0.6 is 0 Å². The lowest BCUT2D eigenvalue weighted by Crippen LogP contribution is -2.24. The molecule has 0 aromatic heterocycles. The summed E-state index contributed by atoms with van der Waals surface area (Å²) in [4.78, 5) is 0. The van der Waals surface area contributed by atoms with Crippen LogP contribution in [-0.2, 0) is 6.42 Å². The van der Waals surface area contributed by atoms with Gasteiger partial charge in [-0.05, 0) is 56.7 Å². The van der Waals surface area contributed by atoms with Gasteiger partial charge >= 0.3 is 0 Å². The molecule has 0 radical (unpaired) electrons. The molecule has 17 heavy (non-hydrogen) atoms. The third-order valence-corrected chi connectivity index (χ3v) is 3.95. The van der Waals surface area contributed by atoms with E-state index in [1.54, 1.807) is 0 Å². The number of aromatic hydroxyl groups is 1. The Morgan fingerprint density at radius 1 is 1.18 bits per heavy atom. The van der Waals surface area contributed by atoms with Gasteiger partial charge in [-0.1, -0.05) is 13.3 Å². The Morgan fingerprint density at radius 2 is 1.88 bits per heavy atom. The highest BCUT2D eigenvalue weighted by Gasteiger charge is 2.25. The van der Waals surface area contributed by atoms with Gasteiger partial charge < -0.3 is 9.84 Å². The third kappa shape index (κ3) is 2.01. The van der Waals surface area contributed by atoms with Crippen LogP contribution in [0.4, 0.5) is 0 Å². The second-order valence-corrected chi connectivity index (χ2v) is 5.10. The van der Waals surface area contributed by atoms with Crippen LogP contribution < -0.4 is 4.74 Å². The van der Waals surface area contributed by atoms with Gasteiger partial charge in [-0.3, -0.25) is 0 Å². The third-order valence-electron chi connectivity index (χ3n) is 3.95. The summed E-state index contributed by atoms with van der Waals surface area (Å²) in [5.74, 6) is 1.47. The van der Waals surface area contributed by atoms with Crippen molar-refractivity contribution in [3.8, 4) is 11.5 Å². The molecule has 0 saturated heterocycles. The summed E-state index contributed by atoms with van der Waals surface area (Å²) >= 11 is 0. The van der Waals surface area contributed by atoms with Crippen molar-refractivity contribution >= 4 is 0 Å². The first-order chi connectivity index (χ1) is 8.06. The van der Waals surface area contributed by atoms with Crippen molar-refractivity contribution in [2.45, 2.75) is 59.5 Å². The number of phenols is 1. The van der Waals surface area contributed by atoms with E-state index in [0.717, 1.165) is 48.1 Å². The predicted octanol–water partition coefficient (Wildman–Crippen LogP) is 3.81. The highest BCUT2D eigenvalue weighted by Crippen LogP contribution is 2.41. The standard InChI is InChI=1S/C15H22O2/c1-5-6-12-7-8-13-11(4)14(16)9(2)10(3)15(13)17-12/h12,16H,5-8H2,1-4H3. The average molecular weight is 234 g/mol. The molecular formula is C15H22O2. The molecule has 2 nitrogen and oxygen atoms in total. The second-order valence-electron chi connectivity index (χ2n) is 5.10. The summed E-state index contributed by atoms with van der Waals surface area (Å²) < 4.78 is 6.11. The molecule has 2 rings (SSSR count). The van der Waals surface area contributed by atoms with Crippen molar-refractivity contribution in [3.05, 3.63) is 22.3 Å². The van der Waals surface area contributed by atoms with Crippen LogP contribution in [0.5, 0.6) is 11.5 Å². The van der Waals surface area contributed by atoms with Gasteiger partial charge in [-0.2, -0.15) is 0 Å². The highest BCUT2D eigenvalue weighted by molar-refractivity contribution is 5.58. The summed E-state index contributed by atoms with van der Waals surface area (Å²) in [6, 6.07) is 0. The number of fused-ring (bicyclic) bond motifs is 1. The molecule has 1 aliphatic heterocycles. The van der Waals surface area contributed by atoms with E-state index < -0.39 is 0 Å². The normalized spacial score (nSPS) is 18.7. The zero-order valence-electron chi connectivity index (χ0n) is 11.3. The van der Waals surface area contributed by atoms with Crippen LogP contribution in [-0.4, -0.2) is 11.2 Å². The summed E-state index contributed by atoms with van der Waals surface area (Å²) in [7, 11) is 0. The van der Waals surface area contributed by atoms with Crippen LogP contribution in [0.15, 0.2) is 0 Å². The minimum Gasteiger partial charge on any atom is -0.507 e. The topological polar surface area (TPSA) is 29.5 Å². The summed E-state index contributed by atoms with van der Waals surface area (Å²) in [5.41, 5.74) is 4.26. The molecule has 94 valence electrons. The van der Waals surface area contributed by atoms with Gasteiger partial charge in [0.15, 0.2) is 0 Å². The number of benzene rings is 1. The van der Waals surface area contributed by atoms with E-state index >= 15 is 0 Å². The fourth-order valence-corrected chi connectivity index (χ4v) is 2.69. The van der Waals surface area contributed by atoms with Crippen molar-refractivity contribution in [2.75, 3.05) is 0 Å². The molecule has 1 aromatic rings. The molecule has 1 aromatic carbocycles. The molecule has 0 saturated carbocycles. The van der Waals surface area contributed by atoms with Gasteiger partial charge in [0.2, 0.25) is 0 Å². The van der Waals surface area contributed by atoms with Crippen LogP contribution in [0.2, 0.25) is 0 Å². The Hall–Kier alpha value is -1.18. The summed E-state index contributed by atoms with van der Waals surface area (Å²) in [5, 5.41) is 10.1. The summed E-state index contributed by atoms with van der Waals surface area (Å²) in [6.45, 7) is 8.19. The van der Waals surface area contributed by atoms with E-state index in [-0.39, 0.29) is 0 Å². The molecule has 0 fully saturated rings. The van der Waals surface area contributed by atoms with E-state index in [1.165, 1.54) is 5.56 Å². The van der Waals surface area contributed by atoms with Crippen LogP contribution in [0.25, 0.3) is 0 Å². The lowest BCUT2D eigenvalue weighted by Gasteiger charge is -2.29. The molecule has 0 aliphatic carbocycles. The molecule has 1 unspecified atom stereocenters. The molecule has 1 N–H and O–H groups in total. The Bertz CT molecular complexity index is 435. The lowest BCUT2D eigenvalue weighted by atomic mass is 9.91. The largest absolute Gasteiger partial charge is 0.507 e. The quantitative estimate of drug-likeness (QED) is 0.843. The van der Waals surface area contributed by atoms with Crippen molar-refractivity contribution in [1.82, 2.24) is 0 Å². The number of ether oxygens (including phenoxy) is 1. The summed E-state index contributed by atoms with van der Waals surface area (Å²) in [6.07, 6.45) is 4.74. The average Bonchev–Trinajstić information content (AvgIpc) is 2.34. The van der Waals surface area contributed by atoms with Gasteiger partial charge in [0.25, 0.3) is 0 Å². The van der Waals surface area contributed by atoms with Crippen molar-refractivity contribution < 1.29 is 9.84 Å². The maximum absolute atomic E-state index is 10.1. The van der Waals surface area contributed by atoms with E-state index in [4.69, 9.17) is 4.74 Å². The number of rotatable bonds is 2. The maximum Gasteiger partial charge on any atom is 0.126 e. The van der Waals surface area contributed by atoms with E-state index in [1.807, 2.05) is 20.8 Å². The highest BCUT2D eigenvalue weighted by atomic mass is 16.5. The maximum atomic E-state index is 10.1. The Labute approximate surface area is 104 Å². The molecule has 2 heteroatoms. The van der Waals surface area contributed by atoms with Gasteiger partial charge in [0, 0.05) is 5.56 Å². The van der Waals surface area contributed by atoms with E-state index in [9.17, 15) is 5.11 Å². The molecule has 0 spiro atoms. The fourth-order valence-electron chi connectivity index (χ4n) is 2.69. The van der Waals surface area contributed by atoms with E-state index in [2.05, 4.69) is 6.92 Å². The molecule has 0 amide bonds. The molecular weight excluding hydrogens is 212 g/mol. The smallest absolute Gasteiger partial charge is 0.126 e. The fraction of sp³-hybridized carbons (Fsp3) is 0.600. The minimum atomic E-state index is 0.356. The number of hydrogen-bond acceptors (Lipinski definition) is 2. The van der Waals surface area contributed by atoms with Gasteiger partial charge in [-0.15, -0.1) is 0 Å². The first-order valence-electron chi connectivity index (χ1n) is 6.54. The van der Waals surface area contributed by atoms with Gasteiger partial charge in [-0.25, -0.2) is 0 Å². The van der Waals surface area contributed by atoms with Crippen molar-refractivity contribution in [2.24, 2.45) is 0 Å². The first-order valence-corrected chi connectivity index (χ1v) is 6.54. The Morgan fingerprint density at radius 3 is 2.53 bits per heavy atom. The van der Waals surface area contributed by atoms with Crippen molar-refractivity contribution in [1.29, 1.82) is 0 Å². The predicted molar refractivity (Wildman–Crippen MR) is 70.0 cm³/mol. The van der Waals surface area contributed by atoms with Crippen LogP contribution in [0, 0.1) is 20.8 Å². The molecule has 1 aliphatic rings. The minimum absolute atomic E-state index is 0.356. The number of hydrogen-bond donors (Lipinski definition) is 1. The van der Waals surface area contributed by atoms with Crippen LogP contribution in [0.3, 0.4) is 0 Å². The van der Waals surface area contributed by atoms with Crippen LogP contribution in [0.1, 0.15) is 48.4 Å². The number of phenolic OH excluding ortho intramolecular Hbond substituents is 1.